The molecule has 1 aromatic carbocycles. The van der Waals surface area contributed by atoms with Crippen molar-refractivity contribution in [3.63, 3.8) is 0 Å². The number of aliphatic hydroxyl groups is 1. The molecule has 0 aliphatic carbocycles. The SMILES string of the molecule is CSc1nccc(-c2ccc(NC3=CC(=O)N(CCO)C3=O)cc2)n1. The van der Waals surface area contributed by atoms with E-state index in [1.165, 1.54) is 17.8 Å². The van der Waals surface area contributed by atoms with Gasteiger partial charge in [-0.1, -0.05) is 23.9 Å². The van der Waals surface area contributed by atoms with Crippen LogP contribution >= 0.6 is 11.8 Å². The largest absolute Gasteiger partial charge is 0.395 e. The van der Waals surface area contributed by atoms with E-state index in [0.29, 0.717) is 10.8 Å². The van der Waals surface area contributed by atoms with E-state index in [2.05, 4.69) is 15.3 Å². The Morgan fingerprint density at radius 2 is 1.96 bits per heavy atom. The van der Waals surface area contributed by atoms with Gasteiger partial charge in [0.2, 0.25) is 0 Å². The minimum atomic E-state index is -0.441. The zero-order chi connectivity index (χ0) is 17.8. The first kappa shape index (κ1) is 17.1. The summed E-state index contributed by atoms with van der Waals surface area (Å²) in [6, 6.07) is 9.20. The number of aliphatic hydroxyl groups excluding tert-OH is 1. The van der Waals surface area contributed by atoms with E-state index < -0.39 is 11.8 Å². The van der Waals surface area contributed by atoms with Gasteiger partial charge in [0.15, 0.2) is 5.16 Å². The Labute approximate surface area is 148 Å². The fraction of sp³-hybridized carbons (Fsp3) is 0.176. The summed E-state index contributed by atoms with van der Waals surface area (Å²) in [4.78, 5) is 33.4. The van der Waals surface area contributed by atoms with E-state index in [0.717, 1.165) is 16.2 Å². The van der Waals surface area contributed by atoms with E-state index in [1.54, 1.807) is 6.20 Å². The highest BCUT2D eigenvalue weighted by Crippen LogP contribution is 2.23. The number of aromatic nitrogens is 2. The van der Waals surface area contributed by atoms with Crippen molar-refractivity contribution in [2.24, 2.45) is 0 Å². The molecule has 128 valence electrons. The van der Waals surface area contributed by atoms with Gasteiger partial charge in [0.25, 0.3) is 11.8 Å². The van der Waals surface area contributed by atoms with E-state index in [1.807, 2.05) is 36.6 Å². The molecule has 2 amide bonds. The average Bonchev–Trinajstić information content (AvgIpc) is 2.90. The smallest absolute Gasteiger partial charge is 0.277 e. The summed E-state index contributed by atoms with van der Waals surface area (Å²) in [5, 5.41) is 12.6. The predicted molar refractivity (Wildman–Crippen MR) is 94.8 cm³/mol. The molecule has 0 fully saturated rings. The lowest BCUT2D eigenvalue weighted by Crippen LogP contribution is -2.34. The number of hydrogen-bond acceptors (Lipinski definition) is 7. The molecule has 2 N–H and O–H groups in total. The maximum atomic E-state index is 12.1. The Kier molecular flexibility index (Phi) is 5.11. The summed E-state index contributed by atoms with van der Waals surface area (Å²) >= 11 is 1.47. The molecule has 0 bridgehead atoms. The number of β-amino-alcohol motifs (C(OH)–C–C–N with tert-alkyl or cyclic N) is 1. The fourth-order valence-electron chi connectivity index (χ4n) is 2.39. The number of amides is 2. The Hall–Kier alpha value is -2.71. The van der Waals surface area contributed by atoms with Crippen LogP contribution in [0.1, 0.15) is 0 Å². The van der Waals surface area contributed by atoms with Crippen LogP contribution in [0.15, 0.2) is 53.5 Å². The molecule has 1 aromatic heterocycles. The second-order valence-electron chi connectivity index (χ2n) is 5.21. The van der Waals surface area contributed by atoms with Gasteiger partial charge in [-0.2, -0.15) is 0 Å². The highest BCUT2D eigenvalue weighted by molar-refractivity contribution is 7.98. The first-order valence-electron chi connectivity index (χ1n) is 7.55. The topological polar surface area (TPSA) is 95.4 Å². The van der Waals surface area contributed by atoms with Crippen molar-refractivity contribution < 1.29 is 14.7 Å². The van der Waals surface area contributed by atoms with Gasteiger partial charge in [-0.3, -0.25) is 14.5 Å². The van der Waals surface area contributed by atoms with Gasteiger partial charge in [-0.15, -0.1) is 0 Å². The van der Waals surface area contributed by atoms with Crippen molar-refractivity contribution in [1.82, 2.24) is 14.9 Å². The molecule has 8 heteroatoms. The Bertz CT molecular complexity index is 836. The number of carbonyl (C=O) groups is 2. The third-order valence-corrected chi connectivity index (χ3v) is 4.17. The summed E-state index contributed by atoms with van der Waals surface area (Å²) in [7, 11) is 0. The molecule has 3 rings (SSSR count). The molecule has 0 radical (unpaired) electrons. The minimum Gasteiger partial charge on any atom is -0.395 e. The summed E-state index contributed by atoms with van der Waals surface area (Å²) in [5.41, 5.74) is 2.61. The van der Waals surface area contributed by atoms with Gasteiger partial charge in [0.1, 0.15) is 5.70 Å². The standard InChI is InChI=1S/C17H16N4O3S/c1-25-17-18-7-6-13(20-17)11-2-4-12(5-3-11)19-14-10-15(23)21(8-9-22)16(14)24/h2-7,10,19,22H,8-9H2,1H3. The number of nitrogens with zero attached hydrogens (tertiary/aromatic N) is 3. The first-order chi connectivity index (χ1) is 12.1. The highest BCUT2D eigenvalue weighted by atomic mass is 32.2. The number of anilines is 1. The van der Waals surface area contributed by atoms with Crippen LogP contribution in [0.25, 0.3) is 11.3 Å². The van der Waals surface area contributed by atoms with Gasteiger partial charge < -0.3 is 10.4 Å². The van der Waals surface area contributed by atoms with Crippen molar-refractivity contribution in [3.05, 3.63) is 48.3 Å². The molecule has 2 aromatic rings. The van der Waals surface area contributed by atoms with Crippen LogP contribution in [0.3, 0.4) is 0 Å². The van der Waals surface area contributed by atoms with Crippen molar-refractivity contribution in [1.29, 1.82) is 0 Å². The molecule has 1 aliphatic heterocycles. The van der Waals surface area contributed by atoms with Gasteiger partial charge >= 0.3 is 0 Å². The summed E-state index contributed by atoms with van der Waals surface area (Å²) in [6.07, 6.45) is 4.87. The lowest BCUT2D eigenvalue weighted by Gasteiger charge is -2.13. The second kappa shape index (κ2) is 7.45. The quantitative estimate of drug-likeness (QED) is 0.460. The normalized spacial score (nSPS) is 14.0. The van der Waals surface area contributed by atoms with Gasteiger partial charge in [0.05, 0.1) is 18.8 Å². The molecule has 0 saturated heterocycles. The van der Waals surface area contributed by atoms with Crippen LogP contribution in [0.5, 0.6) is 0 Å². The van der Waals surface area contributed by atoms with Crippen molar-refractivity contribution >= 4 is 29.3 Å². The van der Waals surface area contributed by atoms with Crippen LogP contribution < -0.4 is 5.32 Å². The molecule has 7 nitrogen and oxygen atoms in total. The molecule has 0 unspecified atom stereocenters. The fourth-order valence-corrected chi connectivity index (χ4v) is 2.75. The van der Waals surface area contributed by atoms with Crippen LogP contribution in [-0.2, 0) is 9.59 Å². The third-order valence-electron chi connectivity index (χ3n) is 3.61. The lowest BCUT2D eigenvalue weighted by molar-refractivity contribution is -0.137. The third kappa shape index (κ3) is 3.70. The number of thioether (sulfide) groups is 1. The van der Waals surface area contributed by atoms with Crippen molar-refractivity contribution in [2.45, 2.75) is 5.16 Å². The average molecular weight is 356 g/mol. The van der Waals surface area contributed by atoms with E-state index in [-0.39, 0.29) is 18.8 Å². The van der Waals surface area contributed by atoms with E-state index in [9.17, 15) is 9.59 Å². The van der Waals surface area contributed by atoms with Gasteiger partial charge in [0, 0.05) is 23.5 Å². The predicted octanol–water partition coefficient (Wildman–Crippen LogP) is 1.52. The molecule has 0 atom stereocenters. The maximum absolute atomic E-state index is 12.1. The number of nitrogens with one attached hydrogen (secondary N) is 1. The summed E-state index contributed by atoms with van der Waals surface area (Å²) in [5.74, 6) is -0.868. The van der Waals surface area contributed by atoms with E-state index >= 15 is 0 Å². The molecule has 1 aliphatic rings. The number of benzene rings is 1. The molecular formula is C17H16N4O3S. The first-order valence-corrected chi connectivity index (χ1v) is 8.77. The minimum absolute atomic E-state index is 0.0101. The molecular weight excluding hydrogens is 340 g/mol. The number of hydrogen-bond donors (Lipinski definition) is 2. The Morgan fingerprint density at radius 1 is 1.20 bits per heavy atom. The van der Waals surface area contributed by atoms with Crippen molar-refractivity contribution in [2.75, 3.05) is 24.7 Å². The van der Waals surface area contributed by atoms with Gasteiger partial charge in [-0.25, -0.2) is 9.97 Å². The van der Waals surface area contributed by atoms with Crippen LogP contribution in [0.4, 0.5) is 5.69 Å². The summed E-state index contributed by atoms with van der Waals surface area (Å²) in [6.45, 7) is -0.270. The highest BCUT2D eigenvalue weighted by Gasteiger charge is 2.30. The number of carbonyl (C=O) groups excluding carboxylic acids is 2. The Morgan fingerprint density at radius 3 is 2.64 bits per heavy atom. The molecule has 0 spiro atoms. The zero-order valence-corrected chi connectivity index (χ0v) is 14.3. The lowest BCUT2D eigenvalue weighted by atomic mass is 10.1. The molecule has 25 heavy (non-hydrogen) atoms. The van der Waals surface area contributed by atoms with Crippen LogP contribution in [0, 0.1) is 0 Å². The molecule has 2 heterocycles. The monoisotopic (exact) mass is 356 g/mol. The zero-order valence-electron chi connectivity index (χ0n) is 13.5. The van der Waals surface area contributed by atoms with Gasteiger partial charge in [-0.05, 0) is 24.5 Å². The molecule has 0 saturated carbocycles. The summed E-state index contributed by atoms with van der Waals surface area (Å²) < 4.78 is 0. The number of rotatable bonds is 6. The van der Waals surface area contributed by atoms with Crippen LogP contribution in [-0.4, -0.2) is 51.2 Å². The maximum Gasteiger partial charge on any atom is 0.277 e. The van der Waals surface area contributed by atoms with Crippen LogP contribution in [0.2, 0.25) is 0 Å². The second-order valence-corrected chi connectivity index (χ2v) is 5.98. The van der Waals surface area contributed by atoms with Crippen molar-refractivity contribution in [3.8, 4) is 11.3 Å². The van der Waals surface area contributed by atoms with E-state index in [4.69, 9.17) is 5.11 Å². The number of imide groups is 1. The Balaban J connectivity index is 1.74.